The fraction of sp³-hybridized carbons (Fsp3) is 0.154. The normalized spacial score (nSPS) is 17.5. The Morgan fingerprint density at radius 1 is 1.05 bits per heavy atom. The molecule has 3 aromatic rings. The minimum atomic E-state index is 0.831. The van der Waals surface area contributed by atoms with Crippen molar-refractivity contribution >= 4 is 34.1 Å². The summed E-state index contributed by atoms with van der Waals surface area (Å²) in [4.78, 5) is 6.97. The maximum absolute atomic E-state index is 4.89. The Bertz CT molecular complexity index is 2010. The Hall–Kier alpha value is -4.89. The molecule has 1 aliphatic heterocycles. The molecule has 0 radical (unpaired) electrons. The van der Waals surface area contributed by atoms with Crippen molar-refractivity contribution in [2.75, 3.05) is 0 Å². The van der Waals surface area contributed by atoms with Crippen molar-refractivity contribution in [3.63, 3.8) is 0 Å². The van der Waals surface area contributed by atoms with E-state index >= 15 is 0 Å². The average molecular weight is 548 g/mol. The van der Waals surface area contributed by atoms with Crippen LogP contribution in [0.15, 0.2) is 139 Å². The lowest BCUT2D eigenvalue weighted by Crippen LogP contribution is -2.35. The molecule has 0 saturated heterocycles. The fourth-order valence-electron chi connectivity index (χ4n) is 6.13. The Labute approximate surface area is 248 Å². The van der Waals surface area contributed by atoms with Crippen LogP contribution in [0.5, 0.6) is 0 Å². The van der Waals surface area contributed by atoms with Gasteiger partial charge in [0.15, 0.2) is 0 Å². The summed E-state index contributed by atoms with van der Waals surface area (Å²) in [7, 11) is 0. The van der Waals surface area contributed by atoms with Crippen LogP contribution in [0.3, 0.4) is 0 Å². The van der Waals surface area contributed by atoms with Gasteiger partial charge in [-0.3, -0.25) is 4.98 Å². The Morgan fingerprint density at radius 3 is 2.71 bits per heavy atom. The molecule has 208 valence electrons. The first-order valence-corrected chi connectivity index (χ1v) is 14.7. The van der Waals surface area contributed by atoms with Gasteiger partial charge in [0.2, 0.25) is 0 Å². The third kappa shape index (κ3) is 4.92. The van der Waals surface area contributed by atoms with Crippen molar-refractivity contribution in [3.8, 4) is 0 Å². The van der Waals surface area contributed by atoms with Crippen molar-refractivity contribution in [1.29, 1.82) is 0 Å². The number of allylic oxidation sites excluding steroid dienone is 15. The molecular formula is C39H37N3. The van der Waals surface area contributed by atoms with Gasteiger partial charge in [-0.15, -0.1) is 0 Å². The lowest BCUT2D eigenvalue weighted by Gasteiger charge is -2.23. The van der Waals surface area contributed by atoms with E-state index in [1.54, 1.807) is 0 Å². The number of aromatic nitrogens is 2. The number of benzene rings is 1. The number of hydrogen-bond donors (Lipinski definition) is 0. The average Bonchev–Trinajstić information content (AvgIpc) is 3.15. The third-order valence-electron chi connectivity index (χ3n) is 8.18. The number of rotatable bonds is 6. The van der Waals surface area contributed by atoms with E-state index in [9.17, 15) is 0 Å². The minimum absolute atomic E-state index is 0.831. The predicted octanol–water partition coefficient (Wildman–Crippen LogP) is 8.28. The number of hydrogen-bond acceptors (Lipinski definition) is 2. The van der Waals surface area contributed by atoms with Gasteiger partial charge in [-0.05, 0) is 91.7 Å². The van der Waals surface area contributed by atoms with Gasteiger partial charge in [-0.25, -0.2) is 0 Å². The monoisotopic (exact) mass is 547 g/mol. The zero-order valence-corrected chi connectivity index (χ0v) is 24.8. The summed E-state index contributed by atoms with van der Waals surface area (Å²) in [5.41, 5.74) is 11.8. The molecule has 42 heavy (non-hydrogen) atoms. The van der Waals surface area contributed by atoms with Crippen molar-refractivity contribution in [3.05, 3.63) is 161 Å². The van der Waals surface area contributed by atoms with Gasteiger partial charge in [0, 0.05) is 29.0 Å². The van der Waals surface area contributed by atoms with Gasteiger partial charge in [-0.2, -0.15) is 0 Å². The van der Waals surface area contributed by atoms with Gasteiger partial charge in [0.25, 0.3) is 0 Å². The summed E-state index contributed by atoms with van der Waals surface area (Å²) in [6.07, 6.45) is 35.2. The van der Waals surface area contributed by atoms with Gasteiger partial charge >= 0.3 is 0 Å². The van der Waals surface area contributed by atoms with E-state index in [0.29, 0.717) is 0 Å². The van der Waals surface area contributed by atoms with E-state index in [-0.39, 0.29) is 0 Å². The Morgan fingerprint density at radius 2 is 1.90 bits per heavy atom. The summed E-state index contributed by atoms with van der Waals surface area (Å²) in [6.45, 7) is 14.6. The van der Waals surface area contributed by atoms with Crippen molar-refractivity contribution in [2.45, 2.75) is 40.0 Å². The highest BCUT2D eigenvalue weighted by atomic mass is 15.1. The quantitative estimate of drug-likeness (QED) is 0.290. The van der Waals surface area contributed by atoms with Crippen LogP contribution in [0, 0.1) is 6.92 Å². The van der Waals surface area contributed by atoms with Gasteiger partial charge in [0.05, 0.1) is 27.9 Å². The molecule has 0 bridgehead atoms. The van der Waals surface area contributed by atoms with E-state index in [0.717, 1.165) is 47.0 Å². The second-order valence-electron chi connectivity index (χ2n) is 11.0. The molecule has 0 fully saturated rings. The first-order chi connectivity index (χ1) is 20.5. The number of aryl methyl sites for hydroxylation is 1. The molecule has 0 amide bonds. The second kappa shape index (κ2) is 11.5. The van der Waals surface area contributed by atoms with Crippen molar-refractivity contribution < 1.29 is 0 Å². The van der Waals surface area contributed by atoms with Crippen LogP contribution in [0.4, 0.5) is 0 Å². The number of nitrogens with zero attached hydrogens (tertiary/aromatic N) is 3. The van der Waals surface area contributed by atoms with Crippen LogP contribution in [-0.4, -0.2) is 14.3 Å². The molecule has 3 aliphatic rings. The summed E-state index contributed by atoms with van der Waals surface area (Å²) in [6, 6.07) is 6.62. The van der Waals surface area contributed by atoms with Crippen LogP contribution in [0.25, 0.3) is 34.1 Å². The lowest BCUT2D eigenvalue weighted by atomic mass is 9.96. The Balaban J connectivity index is 1.34. The smallest absolute Gasteiger partial charge is 0.0828 e. The maximum Gasteiger partial charge on any atom is 0.0828 e. The lowest BCUT2D eigenvalue weighted by molar-refractivity contribution is 0.640. The SMILES string of the molecule is C=C/C=C(\C=C/C)C(/C)=C/N1C=CC(C2=CC=CC(c3c4c(C)cccc4n4c5c(ncc34)=CCCC=5)=CC2)=CC1=C. The molecule has 0 N–H and O–H groups in total. The van der Waals surface area contributed by atoms with Gasteiger partial charge < -0.3 is 9.30 Å². The van der Waals surface area contributed by atoms with E-state index in [2.05, 4.69) is 128 Å². The first-order valence-electron chi connectivity index (χ1n) is 14.7. The first kappa shape index (κ1) is 27.3. The molecule has 2 aromatic heterocycles. The van der Waals surface area contributed by atoms with E-state index in [4.69, 9.17) is 4.98 Å². The fourth-order valence-corrected chi connectivity index (χ4v) is 6.13. The second-order valence-corrected chi connectivity index (χ2v) is 11.0. The highest BCUT2D eigenvalue weighted by Gasteiger charge is 2.19. The number of fused-ring (bicyclic) bond motifs is 5. The predicted molar refractivity (Wildman–Crippen MR) is 180 cm³/mol. The van der Waals surface area contributed by atoms with Crippen LogP contribution >= 0.6 is 0 Å². The van der Waals surface area contributed by atoms with Crippen molar-refractivity contribution in [1.82, 2.24) is 14.3 Å². The Kier molecular flexibility index (Phi) is 7.50. The van der Waals surface area contributed by atoms with E-state index in [1.165, 1.54) is 44.1 Å². The molecule has 3 nitrogen and oxygen atoms in total. The molecule has 2 aliphatic carbocycles. The van der Waals surface area contributed by atoms with Crippen LogP contribution in [0.1, 0.15) is 44.2 Å². The van der Waals surface area contributed by atoms with Crippen LogP contribution < -0.4 is 10.7 Å². The van der Waals surface area contributed by atoms with Crippen LogP contribution in [0.2, 0.25) is 0 Å². The topological polar surface area (TPSA) is 20.5 Å². The molecule has 1 aromatic carbocycles. The third-order valence-corrected chi connectivity index (χ3v) is 8.18. The molecule has 3 heteroatoms. The van der Waals surface area contributed by atoms with Gasteiger partial charge in [0.1, 0.15) is 0 Å². The molecule has 3 heterocycles. The van der Waals surface area contributed by atoms with Gasteiger partial charge in [-0.1, -0.05) is 86.1 Å². The van der Waals surface area contributed by atoms with E-state index in [1.807, 2.05) is 25.2 Å². The summed E-state index contributed by atoms with van der Waals surface area (Å²) < 4.78 is 2.41. The molecule has 0 saturated carbocycles. The zero-order valence-electron chi connectivity index (χ0n) is 24.8. The molecule has 6 rings (SSSR count). The molecule has 0 atom stereocenters. The summed E-state index contributed by atoms with van der Waals surface area (Å²) >= 11 is 0. The molecular weight excluding hydrogens is 510 g/mol. The van der Waals surface area contributed by atoms with Crippen LogP contribution in [-0.2, 0) is 0 Å². The standard InChI is InChI=1S/C39H37N3/c1-6-12-30(13-7-2)28(4)26-41-23-22-33(24-29(41)5)31-15-11-16-32(21-20-31)39-37-25-40-34-17-8-9-18-35(34)42(37)36-19-10-14-27(3)38(36)39/h6-7,10-19,21-26H,1,5,8-9,20H2,2-4H3/b13-7-,28-26+,30-12+. The largest absolute Gasteiger partial charge is 0.324 e. The minimum Gasteiger partial charge on any atom is -0.324 e. The highest BCUT2D eigenvalue weighted by Crippen LogP contribution is 2.36. The highest BCUT2D eigenvalue weighted by molar-refractivity contribution is 6.05. The zero-order chi connectivity index (χ0) is 29.2. The van der Waals surface area contributed by atoms with Crippen molar-refractivity contribution in [2.24, 2.45) is 0 Å². The molecule has 0 unspecified atom stereocenters. The van der Waals surface area contributed by atoms with E-state index < -0.39 is 0 Å². The summed E-state index contributed by atoms with van der Waals surface area (Å²) in [5.74, 6) is 0. The maximum atomic E-state index is 4.89. The molecule has 0 spiro atoms. The summed E-state index contributed by atoms with van der Waals surface area (Å²) in [5, 5.41) is 3.59.